The van der Waals surface area contributed by atoms with E-state index in [0.717, 1.165) is 42.8 Å². The average Bonchev–Trinajstić information content (AvgIpc) is 2.68. The maximum atomic E-state index is 9.50. The molecule has 2 aromatic carbocycles. The third-order valence-electron chi connectivity index (χ3n) is 5.58. The number of hydrogen-bond donors (Lipinski definition) is 1. The van der Waals surface area contributed by atoms with E-state index in [9.17, 15) is 5.26 Å². The van der Waals surface area contributed by atoms with Crippen LogP contribution in [0.4, 0.5) is 0 Å². The third-order valence-corrected chi connectivity index (χ3v) is 5.58. The van der Waals surface area contributed by atoms with Crippen LogP contribution in [0.25, 0.3) is 0 Å². The maximum absolute atomic E-state index is 9.50. The minimum absolute atomic E-state index is 0.117. The van der Waals surface area contributed by atoms with Gasteiger partial charge in [0.1, 0.15) is 5.75 Å². The van der Waals surface area contributed by atoms with Crippen LogP contribution in [0.15, 0.2) is 48.5 Å². The van der Waals surface area contributed by atoms with Crippen LogP contribution < -0.4 is 10.5 Å². The number of methoxy groups -OCH3 is 1. The number of likely N-dealkylation sites (tertiary alicyclic amines) is 1. The Kier molecular flexibility index (Phi) is 5.84. The smallest absolute Gasteiger partial charge is 0.123 e. The molecule has 142 valence electrons. The molecule has 1 aliphatic rings. The van der Waals surface area contributed by atoms with Gasteiger partial charge in [-0.25, -0.2) is 0 Å². The molecule has 0 bridgehead atoms. The summed E-state index contributed by atoms with van der Waals surface area (Å²) in [5, 5.41) is 9.50. The van der Waals surface area contributed by atoms with Crippen molar-refractivity contribution in [2.24, 2.45) is 5.73 Å². The van der Waals surface area contributed by atoms with Crippen molar-refractivity contribution < 1.29 is 4.74 Å². The first-order valence-corrected chi connectivity index (χ1v) is 9.59. The van der Waals surface area contributed by atoms with E-state index in [2.05, 4.69) is 41.3 Å². The minimum Gasteiger partial charge on any atom is -0.496 e. The third kappa shape index (κ3) is 4.16. The van der Waals surface area contributed by atoms with Gasteiger partial charge in [-0.2, -0.15) is 5.26 Å². The van der Waals surface area contributed by atoms with Crippen molar-refractivity contribution in [1.29, 1.82) is 5.26 Å². The van der Waals surface area contributed by atoms with Gasteiger partial charge >= 0.3 is 0 Å². The molecule has 1 heterocycles. The number of ether oxygens (including phenoxy) is 1. The Bertz CT molecular complexity index is 810. The van der Waals surface area contributed by atoms with Gasteiger partial charge in [0, 0.05) is 18.2 Å². The lowest BCUT2D eigenvalue weighted by Gasteiger charge is -2.40. The van der Waals surface area contributed by atoms with Crippen LogP contribution in [-0.2, 0) is 12.0 Å². The molecular weight excluding hydrogens is 334 g/mol. The fraction of sp³-hybridized carbons (Fsp3) is 0.435. The summed E-state index contributed by atoms with van der Waals surface area (Å²) < 4.78 is 5.62. The maximum Gasteiger partial charge on any atom is 0.123 e. The number of piperidine rings is 1. The van der Waals surface area contributed by atoms with Crippen molar-refractivity contribution in [2.45, 2.75) is 50.7 Å². The number of nitrogens with zero attached hydrogens (tertiary/aromatic N) is 2. The summed E-state index contributed by atoms with van der Waals surface area (Å²) in [6, 6.07) is 19.3. The van der Waals surface area contributed by atoms with Gasteiger partial charge in [0.05, 0.1) is 24.6 Å². The van der Waals surface area contributed by atoms with Gasteiger partial charge in [-0.15, -0.1) is 0 Å². The molecule has 1 fully saturated rings. The molecule has 4 nitrogen and oxygen atoms in total. The quantitative estimate of drug-likeness (QED) is 0.866. The molecule has 0 spiro atoms. The van der Waals surface area contributed by atoms with Gasteiger partial charge in [0.25, 0.3) is 0 Å². The minimum atomic E-state index is -0.530. The molecule has 0 aromatic heterocycles. The highest BCUT2D eigenvalue weighted by Crippen LogP contribution is 2.34. The Morgan fingerprint density at radius 3 is 2.63 bits per heavy atom. The van der Waals surface area contributed by atoms with E-state index in [1.54, 1.807) is 7.11 Å². The summed E-state index contributed by atoms with van der Waals surface area (Å²) in [6.45, 7) is 5.65. The van der Waals surface area contributed by atoms with Gasteiger partial charge in [-0.3, -0.25) is 4.90 Å². The molecule has 3 rings (SSSR count). The first-order chi connectivity index (χ1) is 13.0. The zero-order valence-corrected chi connectivity index (χ0v) is 16.5. The number of benzene rings is 2. The highest BCUT2D eigenvalue weighted by Gasteiger charge is 2.31. The van der Waals surface area contributed by atoms with Gasteiger partial charge in [-0.05, 0) is 56.5 Å². The van der Waals surface area contributed by atoms with Crippen LogP contribution in [-0.4, -0.2) is 24.6 Å². The number of hydrogen-bond acceptors (Lipinski definition) is 4. The summed E-state index contributed by atoms with van der Waals surface area (Å²) in [4.78, 5) is 2.45. The monoisotopic (exact) mass is 363 g/mol. The Labute approximate surface area is 162 Å². The molecule has 0 unspecified atom stereocenters. The molecule has 0 radical (unpaired) electrons. The van der Waals surface area contributed by atoms with E-state index >= 15 is 0 Å². The zero-order chi connectivity index (χ0) is 19.4. The largest absolute Gasteiger partial charge is 0.496 e. The van der Waals surface area contributed by atoms with E-state index in [4.69, 9.17) is 10.5 Å². The van der Waals surface area contributed by atoms with Crippen LogP contribution in [0, 0.1) is 11.3 Å². The molecule has 0 amide bonds. The lowest BCUT2D eigenvalue weighted by molar-refractivity contribution is 0.119. The lowest BCUT2D eigenvalue weighted by Crippen LogP contribution is -2.45. The van der Waals surface area contributed by atoms with E-state index in [0.29, 0.717) is 0 Å². The van der Waals surface area contributed by atoms with Crippen molar-refractivity contribution in [3.63, 3.8) is 0 Å². The van der Waals surface area contributed by atoms with Crippen LogP contribution in [0.3, 0.4) is 0 Å². The Morgan fingerprint density at radius 2 is 1.96 bits per heavy atom. The Hall–Kier alpha value is -2.35. The van der Waals surface area contributed by atoms with Crippen molar-refractivity contribution >= 4 is 0 Å². The fourth-order valence-electron chi connectivity index (χ4n) is 3.96. The van der Waals surface area contributed by atoms with Crippen molar-refractivity contribution in [1.82, 2.24) is 4.90 Å². The summed E-state index contributed by atoms with van der Waals surface area (Å²) >= 11 is 0. The second kappa shape index (κ2) is 8.12. The molecule has 27 heavy (non-hydrogen) atoms. The Balaban J connectivity index is 1.94. The lowest BCUT2D eigenvalue weighted by atomic mass is 9.85. The molecule has 2 atom stereocenters. The van der Waals surface area contributed by atoms with Crippen molar-refractivity contribution in [3.8, 4) is 11.8 Å². The summed E-state index contributed by atoms with van der Waals surface area (Å²) in [6.07, 6.45) is 2.13. The molecule has 1 aliphatic heterocycles. The standard InChI is InChI=1S/C23H29N3O/c1-23(2,16-24)19-11-12-21(27-3)18(14-19)15-26-13-7-10-20(25)22(26)17-8-5-4-6-9-17/h4-6,8-9,11-12,14,20,22H,7,10,13,15,25H2,1-3H3/t20-,22+/m0/s1. The van der Waals surface area contributed by atoms with Crippen LogP contribution >= 0.6 is 0 Å². The van der Waals surface area contributed by atoms with Crippen molar-refractivity contribution in [2.75, 3.05) is 13.7 Å². The molecular formula is C23H29N3O. The Morgan fingerprint density at radius 1 is 1.22 bits per heavy atom. The topological polar surface area (TPSA) is 62.3 Å². The molecule has 0 saturated carbocycles. The fourth-order valence-corrected chi connectivity index (χ4v) is 3.96. The van der Waals surface area contributed by atoms with Gasteiger partial charge in [0.2, 0.25) is 0 Å². The first kappa shape index (κ1) is 19.4. The SMILES string of the molecule is COc1ccc(C(C)(C)C#N)cc1CN1CCC[C@H](N)[C@H]1c1ccccc1. The van der Waals surface area contributed by atoms with E-state index < -0.39 is 5.41 Å². The molecule has 1 saturated heterocycles. The van der Waals surface area contributed by atoms with Crippen LogP contribution in [0.5, 0.6) is 5.75 Å². The highest BCUT2D eigenvalue weighted by atomic mass is 16.5. The van der Waals surface area contributed by atoms with Crippen LogP contribution in [0.1, 0.15) is 49.4 Å². The molecule has 4 heteroatoms. The molecule has 2 aromatic rings. The second-order valence-electron chi connectivity index (χ2n) is 7.90. The van der Waals surface area contributed by atoms with E-state index in [1.165, 1.54) is 5.56 Å². The number of nitriles is 1. The number of nitrogens with two attached hydrogens (primary N) is 1. The average molecular weight is 364 g/mol. The highest BCUT2D eigenvalue weighted by molar-refractivity contribution is 5.42. The predicted molar refractivity (Wildman–Crippen MR) is 108 cm³/mol. The zero-order valence-electron chi connectivity index (χ0n) is 16.5. The summed E-state index contributed by atoms with van der Waals surface area (Å²) in [5.41, 5.74) is 9.38. The van der Waals surface area contributed by atoms with Crippen molar-refractivity contribution in [3.05, 3.63) is 65.2 Å². The number of rotatable bonds is 5. The predicted octanol–water partition coefficient (Wildman–Crippen LogP) is 4.16. The van der Waals surface area contributed by atoms with Crippen LogP contribution in [0.2, 0.25) is 0 Å². The van der Waals surface area contributed by atoms with Gasteiger partial charge in [-0.1, -0.05) is 36.4 Å². The molecule has 2 N–H and O–H groups in total. The van der Waals surface area contributed by atoms with E-state index in [1.807, 2.05) is 32.0 Å². The summed E-state index contributed by atoms with van der Waals surface area (Å²) in [7, 11) is 1.70. The van der Waals surface area contributed by atoms with Gasteiger partial charge in [0.15, 0.2) is 0 Å². The second-order valence-corrected chi connectivity index (χ2v) is 7.90. The molecule has 0 aliphatic carbocycles. The summed E-state index contributed by atoms with van der Waals surface area (Å²) in [5.74, 6) is 0.860. The first-order valence-electron chi connectivity index (χ1n) is 9.59. The normalized spacial score (nSPS) is 20.9. The van der Waals surface area contributed by atoms with Gasteiger partial charge < -0.3 is 10.5 Å². The van der Waals surface area contributed by atoms with E-state index in [-0.39, 0.29) is 12.1 Å².